The Hall–Kier alpha value is -1.36. The molecule has 2 fully saturated rings. The third-order valence-corrected chi connectivity index (χ3v) is 3.77. The number of rotatable bonds is 3. The van der Waals surface area contributed by atoms with Crippen molar-refractivity contribution in [3.8, 4) is 0 Å². The molecule has 5 heteroatoms. The highest BCUT2D eigenvalue weighted by atomic mass is 16.4. The lowest BCUT2D eigenvalue weighted by Crippen LogP contribution is -2.36. The lowest BCUT2D eigenvalue weighted by Gasteiger charge is -2.31. The van der Waals surface area contributed by atoms with Crippen molar-refractivity contribution in [3.63, 3.8) is 0 Å². The highest BCUT2D eigenvalue weighted by Crippen LogP contribution is 2.42. The minimum atomic E-state index is 0.147. The van der Waals surface area contributed by atoms with Gasteiger partial charge in [0.05, 0.1) is 6.20 Å². The van der Waals surface area contributed by atoms with Crippen molar-refractivity contribution in [1.29, 1.82) is 0 Å². The van der Waals surface area contributed by atoms with E-state index in [0.29, 0.717) is 12.4 Å². The summed E-state index contributed by atoms with van der Waals surface area (Å²) in [6, 6.07) is 0.309. The fourth-order valence-electron chi connectivity index (χ4n) is 2.95. The largest absolute Gasteiger partial charge is 0.428 e. The van der Waals surface area contributed by atoms with Gasteiger partial charge in [0, 0.05) is 12.0 Å². The van der Waals surface area contributed by atoms with Gasteiger partial charge in [-0.2, -0.15) is 0 Å². The Balaban J connectivity index is 1.87. The first-order valence-electron chi connectivity index (χ1n) is 5.71. The third-order valence-electron chi connectivity index (χ3n) is 3.77. The topological polar surface area (TPSA) is 58.4 Å². The summed E-state index contributed by atoms with van der Waals surface area (Å²) in [6.45, 7) is 3.43. The highest BCUT2D eigenvalue weighted by Gasteiger charge is 2.44. The summed E-state index contributed by atoms with van der Waals surface area (Å²) in [5, 5.41) is 2.45. The average molecular weight is 221 g/mol. The molecule has 0 aliphatic carbocycles. The smallest absolute Gasteiger partial charge is 0.301 e. The standard InChI is InChI=1S/C11H15N3O2/c15-8-13-10-12-6-9(16-10)11-2-1-4-14(7-11)5-3-11/h6,8H,1-5,7H2,(H,12,13,15). The molecule has 2 unspecified atom stereocenters. The van der Waals surface area contributed by atoms with Crippen molar-refractivity contribution >= 4 is 12.4 Å². The Morgan fingerprint density at radius 1 is 1.50 bits per heavy atom. The number of anilines is 1. The van der Waals surface area contributed by atoms with Crippen LogP contribution in [0.2, 0.25) is 0 Å². The Morgan fingerprint density at radius 3 is 3.31 bits per heavy atom. The summed E-state index contributed by atoms with van der Waals surface area (Å²) in [7, 11) is 0. The van der Waals surface area contributed by atoms with Gasteiger partial charge >= 0.3 is 6.01 Å². The summed E-state index contributed by atoms with van der Waals surface area (Å²) in [5.74, 6) is 0.930. The molecule has 2 bridgehead atoms. The third kappa shape index (κ3) is 1.43. The lowest BCUT2D eigenvalue weighted by atomic mass is 9.79. The van der Waals surface area contributed by atoms with Crippen molar-refractivity contribution in [2.24, 2.45) is 0 Å². The first-order chi connectivity index (χ1) is 7.82. The van der Waals surface area contributed by atoms with E-state index in [2.05, 4.69) is 15.2 Å². The van der Waals surface area contributed by atoms with Crippen LogP contribution in [0.15, 0.2) is 10.6 Å². The molecule has 1 amide bonds. The van der Waals surface area contributed by atoms with E-state index in [1.165, 1.54) is 19.4 Å². The second-order valence-electron chi connectivity index (χ2n) is 4.70. The van der Waals surface area contributed by atoms with Crippen LogP contribution in [-0.4, -0.2) is 35.9 Å². The molecule has 1 aromatic heterocycles. The molecule has 86 valence electrons. The maximum Gasteiger partial charge on any atom is 0.301 e. The number of carbonyl (C=O) groups excluding carboxylic acids is 1. The molecule has 5 nitrogen and oxygen atoms in total. The van der Waals surface area contributed by atoms with E-state index < -0.39 is 0 Å². The van der Waals surface area contributed by atoms with Crippen LogP contribution in [0, 0.1) is 0 Å². The van der Waals surface area contributed by atoms with Crippen molar-refractivity contribution in [2.75, 3.05) is 25.0 Å². The number of fused-ring (bicyclic) bond motifs is 2. The summed E-state index contributed by atoms with van der Waals surface area (Å²) in [5.41, 5.74) is 0.147. The Labute approximate surface area is 93.8 Å². The van der Waals surface area contributed by atoms with Gasteiger partial charge in [-0.15, -0.1) is 0 Å². The Kier molecular flexibility index (Phi) is 2.21. The van der Waals surface area contributed by atoms with Gasteiger partial charge in [-0.05, 0) is 32.4 Å². The number of hydrogen-bond donors (Lipinski definition) is 1. The minimum absolute atomic E-state index is 0.147. The molecule has 2 saturated heterocycles. The molecule has 2 aliphatic heterocycles. The molecule has 0 spiro atoms. The van der Waals surface area contributed by atoms with Crippen molar-refractivity contribution in [1.82, 2.24) is 9.88 Å². The van der Waals surface area contributed by atoms with Crippen LogP contribution in [-0.2, 0) is 10.2 Å². The number of nitrogens with zero attached hydrogens (tertiary/aromatic N) is 2. The molecule has 2 atom stereocenters. The van der Waals surface area contributed by atoms with E-state index in [-0.39, 0.29) is 5.41 Å². The van der Waals surface area contributed by atoms with Gasteiger partial charge in [0.1, 0.15) is 5.76 Å². The maximum atomic E-state index is 10.3. The van der Waals surface area contributed by atoms with E-state index in [1.54, 1.807) is 6.20 Å². The van der Waals surface area contributed by atoms with Gasteiger partial charge in [0.2, 0.25) is 6.41 Å². The summed E-state index contributed by atoms with van der Waals surface area (Å²) >= 11 is 0. The molecular weight excluding hydrogens is 206 g/mol. The van der Waals surface area contributed by atoms with Crippen LogP contribution in [0.4, 0.5) is 6.01 Å². The zero-order valence-electron chi connectivity index (χ0n) is 9.11. The van der Waals surface area contributed by atoms with Crippen LogP contribution in [0.3, 0.4) is 0 Å². The molecule has 0 aromatic carbocycles. The Bertz CT molecular complexity index is 400. The number of nitrogens with one attached hydrogen (secondary N) is 1. The van der Waals surface area contributed by atoms with E-state index in [0.717, 1.165) is 25.3 Å². The van der Waals surface area contributed by atoms with E-state index in [4.69, 9.17) is 4.42 Å². The fourth-order valence-corrected chi connectivity index (χ4v) is 2.95. The highest BCUT2D eigenvalue weighted by molar-refractivity contribution is 5.65. The SMILES string of the molecule is O=CNc1ncc(C23CCCN(CC2)C3)o1. The molecular formula is C11H15N3O2. The molecule has 3 rings (SSSR count). The normalized spacial score (nSPS) is 32.6. The lowest BCUT2D eigenvalue weighted by molar-refractivity contribution is -0.105. The quantitative estimate of drug-likeness (QED) is 0.773. The van der Waals surface area contributed by atoms with E-state index in [9.17, 15) is 4.79 Å². The van der Waals surface area contributed by atoms with Crippen LogP contribution >= 0.6 is 0 Å². The second-order valence-corrected chi connectivity index (χ2v) is 4.70. The van der Waals surface area contributed by atoms with Gasteiger partial charge in [0.25, 0.3) is 0 Å². The molecule has 0 saturated carbocycles. The Morgan fingerprint density at radius 2 is 2.44 bits per heavy atom. The number of oxazole rings is 1. The predicted octanol–water partition coefficient (Wildman–Crippen LogP) is 0.980. The average Bonchev–Trinajstić information content (AvgIpc) is 2.86. The number of amides is 1. The van der Waals surface area contributed by atoms with Crippen molar-refractivity contribution in [3.05, 3.63) is 12.0 Å². The number of carbonyl (C=O) groups is 1. The summed E-state index contributed by atoms with van der Waals surface area (Å²) in [6.07, 6.45) is 5.88. The molecule has 2 aliphatic rings. The van der Waals surface area contributed by atoms with Crippen LogP contribution in [0.1, 0.15) is 25.0 Å². The van der Waals surface area contributed by atoms with Crippen molar-refractivity contribution < 1.29 is 9.21 Å². The number of hydrogen-bond acceptors (Lipinski definition) is 4. The summed E-state index contributed by atoms with van der Waals surface area (Å²) < 4.78 is 5.60. The molecule has 1 N–H and O–H groups in total. The van der Waals surface area contributed by atoms with E-state index >= 15 is 0 Å². The molecule has 3 heterocycles. The molecule has 16 heavy (non-hydrogen) atoms. The first kappa shape index (κ1) is 9.84. The maximum absolute atomic E-state index is 10.3. The zero-order valence-corrected chi connectivity index (χ0v) is 9.11. The van der Waals surface area contributed by atoms with Gasteiger partial charge in [-0.3, -0.25) is 10.1 Å². The first-order valence-corrected chi connectivity index (χ1v) is 5.71. The van der Waals surface area contributed by atoms with Crippen molar-refractivity contribution in [2.45, 2.75) is 24.7 Å². The van der Waals surface area contributed by atoms with Gasteiger partial charge < -0.3 is 9.32 Å². The van der Waals surface area contributed by atoms with Gasteiger partial charge in [-0.25, -0.2) is 4.98 Å². The summed E-state index contributed by atoms with van der Waals surface area (Å²) in [4.78, 5) is 16.8. The fraction of sp³-hybridized carbons (Fsp3) is 0.636. The minimum Gasteiger partial charge on any atom is -0.428 e. The monoisotopic (exact) mass is 221 g/mol. The molecule has 0 radical (unpaired) electrons. The number of aromatic nitrogens is 1. The second kappa shape index (κ2) is 3.59. The zero-order chi connectivity index (χ0) is 11.0. The van der Waals surface area contributed by atoms with Gasteiger partial charge in [0.15, 0.2) is 0 Å². The van der Waals surface area contributed by atoms with Crippen LogP contribution < -0.4 is 5.32 Å². The van der Waals surface area contributed by atoms with E-state index in [1.807, 2.05) is 0 Å². The molecule has 1 aromatic rings. The van der Waals surface area contributed by atoms with Crippen LogP contribution in [0.5, 0.6) is 0 Å². The van der Waals surface area contributed by atoms with Crippen LogP contribution in [0.25, 0.3) is 0 Å². The number of piperidine rings is 1. The van der Waals surface area contributed by atoms with Gasteiger partial charge in [-0.1, -0.05) is 0 Å². The predicted molar refractivity (Wildman–Crippen MR) is 58.2 cm³/mol.